The van der Waals surface area contributed by atoms with Gasteiger partial charge in [0.15, 0.2) is 5.82 Å². The van der Waals surface area contributed by atoms with Crippen molar-refractivity contribution in [1.29, 1.82) is 0 Å². The summed E-state index contributed by atoms with van der Waals surface area (Å²) in [4.78, 5) is 18.9. The Kier molecular flexibility index (Phi) is 4.91. The first-order valence-corrected chi connectivity index (χ1v) is 5.76. The Balaban J connectivity index is 2.68. The van der Waals surface area contributed by atoms with Crippen molar-refractivity contribution in [2.24, 2.45) is 0 Å². The number of nitrogen functional groups attached to an aromatic ring is 1. The normalized spacial score (nSPS) is 10.7. The summed E-state index contributed by atoms with van der Waals surface area (Å²) >= 11 is 0. The molecule has 0 unspecified atom stereocenters. The van der Waals surface area contributed by atoms with Gasteiger partial charge in [-0.2, -0.15) is 0 Å². The van der Waals surface area contributed by atoms with Crippen LogP contribution in [0.3, 0.4) is 0 Å². The van der Waals surface area contributed by atoms with Crippen molar-refractivity contribution in [3.8, 4) is 0 Å². The Bertz CT molecular complexity index is 421. The van der Waals surface area contributed by atoms with Crippen molar-refractivity contribution < 1.29 is 9.90 Å². The monoisotopic (exact) mass is 252 g/mol. The van der Waals surface area contributed by atoms with Crippen molar-refractivity contribution >= 4 is 17.5 Å². The van der Waals surface area contributed by atoms with Crippen molar-refractivity contribution in [2.45, 2.75) is 6.42 Å². The number of nitrogens with zero attached hydrogens (tertiary/aromatic N) is 3. The first kappa shape index (κ1) is 14.2. The van der Waals surface area contributed by atoms with Crippen LogP contribution < -0.4 is 10.6 Å². The topological polar surface area (TPSA) is 82.7 Å². The molecule has 3 N–H and O–H groups in total. The highest BCUT2D eigenvalue weighted by molar-refractivity contribution is 5.89. The van der Waals surface area contributed by atoms with Crippen LogP contribution in [-0.4, -0.2) is 55.2 Å². The fraction of sp³-hybridized carbons (Fsp3) is 0.500. The summed E-state index contributed by atoms with van der Waals surface area (Å²) in [5.74, 6) is -0.394. The van der Waals surface area contributed by atoms with Crippen LogP contribution in [0.1, 0.15) is 16.8 Å². The molecule has 0 aliphatic rings. The zero-order valence-electron chi connectivity index (χ0n) is 11.1. The highest BCUT2D eigenvalue weighted by Gasteiger charge is 2.10. The largest absolute Gasteiger partial charge is 0.478 e. The SMILES string of the molecule is CN(C)CCCN(C)c1ncc(C(=O)O)cc1N. The number of anilines is 2. The van der Waals surface area contributed by atoms with Gasteiger partial charge in [-0.25, -0.2) is 9.78 Å². The molecule has 0 aliphatic heterocycles. The molecule has 0 radical (unpaired) electrons. The van der Waals surface area contributed by atoms with Crippen LogP contribution in [0.25, 0.3) is 0 Å². The van der Waals surface area contributed by atoms with Crippen molar-refractivity contribution in [3.63, 3.8) is 0 Å². The zero-order valence-corrected chi connectivity index (χ0v) is 11.1. The number of carboxylic acid groups (broad SMARTS) is 1. The predicted molar refractivity (Wildman–Crippen MR) is 72.0 cm³/mol. The minimum Gasteiger partial charge on any atom is -0.478 e. The highest BCUT2D eigenvalue weighted by atomic mass is 16.4. The van der Waals surface area contributed by atoms with E-state index in [9.17, 15) is 4.79 Å². The van der Waals surface area contributed by atoms with Gasteiger partial charge in [-0.1, -0.05) is 0 Å². The molecule has 0 fully saturated rings. The van der Waals surface area contributed by atoms with E-state index in [2.05, 4.69) is 9.88 Å². The molecule has 100 valence electrons. The Morgan fingerprint density at radius 1 is 1.39 bits per heavy atom. The summed E-state index contributed by atoms with van der Waals surface area (Å²) in [6, 6.07) is 1.44. The van der Waals surface area contributed by atoms with Gasteiger partial charge in [0.25, 0.3) is 0 Å². The standard InChI is InChI=1S/C12H20N4O2/c1-15(2)5-4-6-16(3)11-10(13)7-9(8-14-11)12(17)18/h7-8H,4-6,13H2,1-3H3,(H,17,18). The third-order valence-electron chi connectivity index (χ3n) is 2.60. The molecule has 0 aliphatic carbocycles. The molecule has 1 heterocycles. The second-order valence-electron chi connectivity index (χ2n) is 4.52. The summed E-state index contributed by atoms with van der Waals surface area (Å²) in [7, 11) is 5.94. The maximum Gasteiger partial charge on any atom is 0.337 e. The Hall–Kier alpha value is -1.82. The molecule has 1 aromatic rings. The lowest BCUT2D eigenvalue weighted by molar-refractivity contribution is 0.0696. The van der Waals surface area contributed by atoms with Crippen LogP contribution in [0.2, 0.25) is 0 Å². The average molecular weight is 252 g/mol. The van der Waals surface area contributed by atoms with Crippen LogP contribution >= 0.6 is 0 Å². The minimum absolute atomic E-state index is 0.109. The fourth-order valence-corrected chi connectivity index (χ4v) is 1.64. The van der Waals surface area contributed by atoms with Crippen molar-refractivity contribution in [1.82, 2.24) is 9.88 Å². The third kappa shape index (κ3) is 3.89. The lowest BCUT2D eigenvalue weighted by atomic mass is 10.2. The number of hydrogen-bond donors (Lipinski definition) is 2. The molecular weight excluding hydrogens is 232 g/mol. The first-order valence-electron chi connectivity index (χ1n) is 5.76. The van der Waals surface area contributed by atoms with Crippen LogP contribution in [0.4, 0.5) is 11.5 Å². The maximum atomic E-state index is 10.8. The van der Waals surface area contributed by atoms with E-state index in [4.69, 9.17) is 10.8 Å². The summed E-state index contributed by atoms with van der Waals surface area (Å²) < 4.78 is 0. The summed E-state index contributed by atoms with van der Waals surface area (Å²) in [6.45, 7) is 1.80. The van der Waals surface area contributed by atoms with E-state index in [-0.39, 0.29) is 5.56 Å². The number of aromatic nitrogens is 1. The van der Waals surface area contributed by atoms with Gasteiger partial charge in [0.05, 0.1) is 11.3 Å². The number of carbonyl (C=O) groups is 1. The number of rotatable bonds is 6. The third-order valence-corrected chi connectivity index (χ3v) is 2.60. The quantitative estimate of drug-likeness (QED) is 0.777. The number of aromatic carboxylic acids is 1. The number of hydrogen-bond acceptors (Lipinski definition) is 5. The van der Waals surface area contributed by atoms with Crippen molar-refractivity contribution in [3.05, 3.63) is 17.8 Å². The smallest absolute Gasteiger partial charge is 0.337 e. The molecule has 6 heteroatoms. The minimum atomic E-state index is -1.02. The second-order valence-corrected chi connectivity index (χ2v) is 4.52. The highest BCUT2D eigenvalue weighted by Crippen LogP contribution is 2.20. The molecule has 1 rings (SSSR count). The van der Waals surface area contributed by atoms with E-state index in [0.29, 0.717) is 11.5 Å². The molecule has 0 atom stereocenters. The molecule has 0 saturated carbocycles. The van der Waals surface area contributed by atoms with E-state index < -0.39 is 5.97 Å². The molecule has 0 spiro atoms. The lowest BCUT2D eigenvalue weighted by Gasteiger charge is -2.20. The fourth-order valence-electron chi connectivity index (χ4n) is 1.64. The average Bonchev–Trinajstić information content (AvgIpc) is 2.27. The van der Waals surface area contributed by atoms with Crippen LogP contribution in [0.5, 0.6) is 0 Å². The maximum absolute atomic E-state index is 10.8. The molecular formula is C12H20N4O2. The number of carboxylic acids is 1. The number of nitrogens with two attached hydrogens (primary N) is 1. The molecule has 0 saturated heterocycles. The van der Waals surface area contributed by atoms with E-state index in [1.165, 1.54) is 12.3 Å². The Labute approximate surface area is 107 Å². The Morgan fingerprint density at radius 2 is 2.06 bits per heavy atom. The van der Waals surface area contributed by atoms with Crippen LogP contribution in [0.15, 0.2) is 12.3 Å². The van der Waals surface area contributed by atoms with Gasteiger partial charge in [0.1, 0.15) is 0 Å². The van der Waals surface area contributed by atoms with Gasteiger partial charge in [-0.3, -0.25) is 0 Å². The van der Waals surface area contributed by atoms with E-state index in [1.54, 1.807) is 0 Å². The zero-order chi connectivity index (χ0) is 13.7. The van der Waals surface area contributed by atoms with Gasteiger partial charge < -0.3 is 20.6 Å². The molecule has 0 bridgehead atoms. The first-order chi connectivity index (χ1) is 8.41. The van der Waals surface area contributed by atoms with E-state index in [0.717, 1.165) is 19.5 Å². The summed E-state index contributed by atoms with van der Waals surface area (Å²) in [5, 5.41) is 8.83. The van der Waals surface area contributed by atoms with Gasteiger partial charge in [0, 0.05) is 19.8 Å². The molecule has 18 heavy (non-hydrogen) atoms. The van der Waals surface area contributed by atoms with E-state index >= 15 is 0 Å². The molecule has 6 nitrogen and oxygen atoms in total. The summed E-state index contributed by atoms with van der Waals surface area (Å²) in [6.07, 6.45) is 2.32. The van der Waals surface area contributed by atoms with Gasteiger partial charge in [0.2, 0.25) is 0 Å². The Morgan fingerprint density at radius 3 is 2.56 bits per heavy atom. The van der Waals surface area contributed by atoms with Crippen LogP contribution in [0, 0.1) is 0 Å². The van der Waals surface area contributed by atoms with Gasteiger partial charge >= 0.3 is 5.97 Å². The number of pyridine rings is 1. The predicted octanol–water partition coefficient (Wildman–Crippen LogP) is 0.750. The second kappa shape index (κ2) is 6.20. The van der Waals surface area contributed by atoms with Gasteiger partial charge in [-0.15, -0.1) is 0 Å². The lowest BCUT2D eigenvalue weighted by Crippen LogP contribution is -2.25. The van der Waals surface area contributed by atoms with Crippen molar-refractivity contribution in [2.75, 3.05) is 44.9 Å². The summed E-state index contributed by atoms with van der Waals surface area (Å²) in [5.41, 5.74) is 6.31. The van der Waals surface area contributed by atoms with Gasteiger partial charge in [-0.05, 0) is 33.1 Å². The molecule has 1 aromatic heterocycles. The van der Waals surface area contributed by atoms with Crippen LogP contribution in [-0.2, 0) is 0 Å². The molecule has 0 aromatic carbocycles. The molecule has 0 amide bonds. The van der Waals surface area contributed by atoms with E-state index in [1.807, 2.05) is 26.0 Å².